The molecule has 168 valence electrons. The molecule has 1 aliphatic heterocycles. The normalized spacial score (nSPS) is 15.5. The summed E-state index contributed by atoms with van der Waals surface area (Å²) >= 11 is 0. The Morgan fingerprint density at radius 1 is 1.00 bits per heavy atom. The Morgan fingerprint density at radius 3 is 2.42 bits per heavy atom. The largest absolute Gasteiger partial charge is 0.321 e. The van der Waals surface area contributed by atoms with Gasteiger partial charge in [0.15, 0.2) is 0 Å². The van der Waals surface area contributed by atoms with E-state index in [1.165, 1.54) is 48.3 Å². The van der Waals surface area contributed by atoms with E-state index in [0.717, 1.165) is 6.07 Å². The summed E-state index contributed by atoms with van der Waals surface area (Å²) in [7, 11) is 1.53. The monoisotopic (exact) mass is 452 g/mol. The fourth-order valence-electron chi connectivity index (χ4n) is 3.53. The smallest absolute Gasteiger partial charge is 0.311 e. The summed E-state index contributed by atoms with van der Waals surface area (Å²) in [6, 6.07) is 17.2. The second-order valence-electron chi connectivity index (χ2n) is 7.30. The van der Waals surface area contributed by atoms with Crippen LogP contribution < -0.4 is 15.5 Å². The summed E-state index contributed by atoms with van der Waals surface area (Å²) < 4.78 is 40.5. The Labute approximate surface area is 187 Å². The van der Waals surface area contributed by atoms with Gasteiger partial charge in [-0.3, -0.25) is 4.79 Å². The van der Waals surface area contributed by atoms with Gasteiger partial charge in [0, 0.05) is 29.4 Å². The van der Waals surface area contributed by atoms with Crippen LogP contribution in [0.2, 0.25) is 0 Å². The van der Waals surface area contributed by atoms with E-state index >= 15 is 0 Å². The van der Waals surface area contributed by atoms with Gasteiger partial charge in [-0.05, 0) is 30.3 Å². The third-order valence-corrected chi connectivity index (χ3v) is 5.14. The van der Waals surface area contributed by atoms with Crippen LogP contribution in [0.3, 0.4) is 0 Å². The first-order valence-corrected chi connectivity index (χ1v) is 10.0. The highest BCUT2D eigenvalue weighted by Crippen LogP contribution is 2.28. The number of carbonyl (C=O) groups is 2. The summed E-state index contributed by atoms with van der Waals surface area (Å²) in [4.78, 5) is 31.4. The van der Waals surface area contributed by atoms with Crippen molar-refractivity contribution in [2.24, 2.45) is 4.99 Å². The number of nitrogens with one attached hydrogen (secondary N) is 2. The fraction of sp³-hybridized carbons (Fsp3) is 0.125. The molecule has 1 aliphatic rings. The third-order valence-electron chi connectivity index (χ3n) is 5.14. The molecule has 9 heteroatoms. The number of hydrogen-bond donors (Lipinski definition) is 2. The zero-order chi connectivity index (χ0) is 23.5. The van der Waals surface area contributed by atoms with Gasteiger partial charge in [-0.2, -0.15) is 0 Å². The molecule has 1 atom stereocenters. The first-order valence-electron chi connectivity index (χ1n) is 10.0. The van der Waals surface area contributed by atoms with Crippen molar-refractivity contribution in [3.8, 4) is 0 Å². The maximum absolute atomic E-state index is 14.6. The first-order chi connectivity index (χ1) is 15.8. The highest BCUT2D eigenvalue weighted by molar-refractivity contribution is 6.20. The lowest BCUT2D eigenvalue weighted by atomic mass is 10.00. The number of benzodiazepines with no additional fused rings is 1. The Balaban J connectivity index is 1.68. The minimum atomic E-state index is -2.70. The van der Waals surface area contributed by atoms with Crippen LogP contribution in [-0.4, -0.2) is 30.9 Å². The van der Waals surface area contributed by atoms with Crippen LogP contribution in [0.15, 0.2) is 77.8 Å². The first kappa shape index (κ1) is 22.1. The van der Waals surface area contributed by atoms with Gasteiger partial charge in [0.05, 0.1) is 11.4 Å². The molecule has 4 rings (SSSR count). The number of nitrogens with zero attached hydrogens (tertiary/aromatic N) is 2. The van der Waals surface area contributed by atoms with Crippen molar-refractivity contribution in [1.29, 1.82) is 0 Å². The number of para-hydroxylation sites is 1. The van der Waals surface area contributed by atoms with Gasteiger partial charge in [-0.15, -0.1) is 0 Å². The Kier molecular flexibility index (Phi) is 6.12. The lowest BCUT2D eigenvalue weighted by Crippen LogP contribution is -2.47. The molecule has 3 aromatic carbocycles. The molecule has 33 heavy (non-hydrogen) atoms. The average molecular weight is 452 g/mol. The molecular weight excluding hydrogens is 433 g/mol. The molecule has 0 saturated heterocycles. The minimum absolute atomic E-state index is 0.126. The average Bonchev–Trinajstić information content (AvgIpc) is 2.90. The molecule has 0 aliphatic carbocycles. The molecule has 0 spiro atoms. The van der Waals surface area contributed by atoms with Crippen molar-refractivity contribution in [1.82, 2.24) is 5.32 Å². The Morgan fingerprint density at radius 2 is 1.70 bits per heavy atom. The summed E-state index contributed by atoms with van der Waals surface area (Å²) in [5.41, 5.74) is 1.26. The standard InChI is InChI=1S/C24H19F3N4O2/c1-31-19-12-5-3-10-17(19)20(16-9-2-4-11-18(16)25)29-22(23(31)32)30-24(33)28-15-8-6-7-14(13-15)21(26)27/h2-13,21-22H,1H3,(H2,28,30,33). The van der Waals surface area contributed by atoms with Gasteiger partial charge in [0.2, 0.25) is 6.17 Å². The Bertz CT molecular complexity index is 1250. The highest BCUT2D eigenvalue weighted by atomic mass is 19.3. The molecule has 0 bridgehead atoms. The van der Waals surface area contributed by atoms with Gasteiger partial charge in [0.1, 0.15) is 5.82 Å². The predicted octanol–water partition coefficient (Wildman–Crippen LogP) is 4.72. The second-order valence-corrected chi connectivity index (χ2v) is 7.30. The molecule has 2 N–H and O–H groups in total. The Hall–Kier alpha value is -4.14. The van der Waals surface area contributed by atoms with Crippen LogP contribution >= 0.6 is 0 Å². The van der Waals surface area contributed by atoms with Gasteiger partial charge in [-0.25, -0.2) is 23.0 Å². The fourth-order valence-corrected chi connectivity index (χ4v) is 3.53. The van der Waals surface area contributed by atoms with Gasteiger partial charge in [-0.1, -0.05) is 42.5 Å². The molecule has 3 aromatic rings. The SMILES string of the molecule is CN1C(=O)C(NC(=O)Nc2cccc(C(F)F)c2)N=C(c2ccccc2F)c2ccccc21. The molecule has 0 aromatic heterocycles. The summed E-state index contributed by atoms with van der Waals surface area (Å²) in [5, 5.41) is 4.88. The molecular formula is C24H19F3N4O2. The van der Waals surface area contributed by atoms with Crippen LogP contribution in [-0.2, 0) is 4.79 Å². The zero-order valence-corrected chi connectivity index (χ0v) is 17.4. The molecule has 6 nitrogen and oxygen atoms in total. The highest BCUT2D eigenvalue weighted by Gasteiger charge is 2.31. The van der Waals surface area contributed by atoms with Crippen molar-refractivity contribution in [2.75, 3.05) is 17.3 Å². The minimum Gasteiger partial charge on any atom is -0.311 e. The molecule has 1 heterocycles. The van der Waals surface area contributed by atoms with Crippen LogP contribution in [0.25, 0.3) is 0 Å². The maximum atomic E-state index is 14.6. The van der Waals surface area contributed by atoms with Gasteiger partial charge >= 0.3 is 6.03 Å². The number of urea groups is 1. The lowest BCUT2D eigenvalue weighted by molar-refractivity contribution is -0.119. The number of rotatable bonds is 4. The predicted molar refractivity (Wildman–Crippen MR) is 119 cm³/mol. The molecule has 3 amide bonds. The lowest BCUT2D eigenvalue weighted by Gasteiger charge is -2.21. The van der Waals surface area contributed by atoms with E-state index in [9.17, 15) is 22.8 Å². The number of alkyl halides is 2. The van der Waals surface area contributed by atoms with Crippen molar-refractivity contribution >= 4 is 29.0 Å². The van der Waals surface area contributed by atoms with E-state index in [0.29, 0.717) is 11.3 Å². The molecule has 0 fully saturated rings. The zero-order valence-electron chi connectivity index (χ0n) is 17.4. The number of benzene rings is 3. The number of carbonyl (C=O) groups excluding carboxylic acids is 2. The number of anilines is 2. The topological polar surface area (TPSA) is 73.8 Å². The maximum Gasteiger partial charge on any atom is 0.321 e. The summed E-state index contributed by atoms with van der Waals surface area (Å²) in [6.07, 6.45) is -4.08. The van der Waals surface area contributed by atoms with E-state index in [2.05, 4.69) is 15.6 Å². The molecule has 0 saturated carbocycles. The van der Waals surface area contributed by atoms with Gasteiger partial charge in [0.25, 0.3) is 12.3 Å². The number of halogens is 3. The van der Waals surface area contributed by atoms with Gasteiger partial charge < -0.3 is 15.5 Å². The van der Waals surface area contributed by atoms with E-state index in [-0.39, 0.29) is 22.5 Å². The number of amides is 3. The summed E-state index contributed by atoms with van der Waals surface area (Å²) in [5.74, 6) is -1.08. The molecule has 1 unspecified atom stereocenters. The van der Waals surface area contributed by atoms with Crippen molar-refractivity contribution in [3.05, 3.63) is 95.3 Å². The number of likely N-dealkylation sites (N-methyl/N-ethyl adjacent to an activating group) is 1. The van der Waals surface area contributed by atoms with E-state index < -0.39 is 30.3 Å². The quantitative estimate of drug-likeness (QED) is 0.601. The van der Waals surface area contributed by atoms with Crippen LogP contribution in [0.4, 0.5) is 29.3 Å². The second kappa shape index (κ2) is 9.15. The van der Waals surface area contributed by atoms with Crippen LogP contribution in [0.1, 0.15) is 23.1 Å². The van der Waals surface area contributed by atoms with Crippen molar-refractivity contribution < 1.29 is 22.8 Å². The van der Waals surface area contributed by atoms with Crippen LogP contribution in [0, 0.1) is 5.82 Å². The number of fused-ring (bicyclic) bond motifs is 1. The summed E-state index contributed by atoms with van der Waals surface area (Å²) in [6.45, 7) is 0. The molecule has 0 radical (unpaired) electrons. The van der Waals surface area contributed by atoms with E-state index in [4.69, 9.17) is 0 Å². The number of aliphatic imine (C=N–C) groups is 1. The van der Waals surface area contributed by atoms with Crippen molar-refractivity contribution in [2.45, 2.75) is 12.6 Å². The third kappa shape index (κ3) is 4.57. The van der Waals surface area contributed by atoms with Crippen LogP contribution in [0.5, 0.6) is 0 Å². The van der Waals surface area contributed by atoms with E-state index in [1.807, 2.05) is 0 Å². The van der Waals surface area contributed by atoms with E-state index in [1.54, 1.807) is 30.3 Å². The number of hydrogen-bond acceptors (Lipinski definition) is 3. The van der Waals surface area contributed by atoms with Crippen molar-refractivity contribution in [3.63, 3.8) is 0 Å².